The molecule has 3 rings (SSSR count). The van der Waals surface area contributed by atoms with Gasteiger partial charge >= 0.3 is 5.97 Å². The molecule has 3 aromatic rings. The highest BCUT2D eigenvalue weighted by atomic mass is 35.5. The second-order valence-corrected chi connectivity index (χ2v) is 8.20. The first kappa shape index (κ1) is 22.8. The quantitative estimate of drug-likeness (QED) is 0.365. The van der Waals surface area contributed by atoms with Crippen LogP contribution in [0.15, 0.2) is 51.9 Å². The number of nitrogens with zero attached hydrogens (tertiary/aromatic N) is 1. The van der Waals surface area contributed by atoms with Gasteiger partial charge in [-0.05, 0) is 51.1 Å². The lowest BCUT2D eigenvalue weighted by molar-refractivity contribution is -0.123. The van der Waals surface area contributed by atoms with Gasteiger partial charge in [-0.1, -0.05) is 28.9 Å². The summed E-state index contributed by atoms with van der Waals surface area (Å²) >= 11 is 7.15. The monoisotopic (exact) mass is 462 g/mol. The largest absolute Gasteiger partial charge is 0.449 e. The SMILES string of the molecule is Cc1noc(C)c1CSc1ccccc1C(=O)OC(C)C(=O)Nc1ccc(Cl)cc1F. The Kier molecular flexibility index (Phi) is 7.35. The van der Waals surface area contributed by atoms with Crippen LogP contribution in [0.3, 0.4) is 0 Å². The van der Waals surface area contributed by atoms with Crippen molar-refractivity contribution in [1.29, 1.82) is 0 Å². The molecule has 0 bridgehead atoms. The highest BCUT2D eigenvalue weighted by Gasteiger charge is 2.22. The van der Waals surface area contributed by atoms with Crippen molar-refractivity contribution in [2.24, 2.45) is 0 Å². The summed E-state index contributed by atoms with van der Waals surface area (Å²) in [5.41, 5.74) is 2.04. The summed E-state index contributed by atoms with van der Waals surface area (Å²) in [5, 5.41) is 6.53. The molecule has 1 unspecified atom stereocenters. The molecule has 1 aromatic heterocycles. The molecule has 0 aliphatic carbocycles. The predicted molar refractivity (Wildman–Crippen MR) is 117 cm³/mol. The van der Waals surface area contributed by atoms with Gasteiger partial charge in [0.05, 0.1) is 16.9 Å². The van der Waals surface area contributed by atoms with Gasteiger partial charge in [0.2, 0.25) is 0 Å². The summed E-state index contributed by atoms with van der Waals surface area (Å²) in [6.07, 6.45) is -1.14. The van der Waals surface area contributed by atoms with E-state index in [0.717, 1.165) is 23.1 Å². The topological polar surface area (TPSA) is 81.4 Å². The maximum Gasteiger partial charge on any atom is 0.340 e. The van der Waals surface area contributed by atoms with Gasteiger partial charge in [-0.3, -0.25) is 4.79 Å². The molecule has 1 atom stereocenters. The molecule has 162 valence electrons. The van der Waals surface area contributed by atoms with E-state index < -0.39 is 23.8 Å². The predicted octanol–water partition coefficient (Wildman–Crippen LogP) is 5.56. The van der Waals surface area contributed by atoms with Gasteiger partial charge in [-0.25, -0.2) is 9.18 Å². The number of hydrogen-bond donors (Lipinski definition) is 1. The lowest BCUT2D eigenvalue weighted by Gasteiger charge is -2.15. The average molecular weight is 463 g/mol. The Morgan fingerprint density at radius 3 is 2.68 bits per heavy atom. The standard InChI is InChI=1S/C22H20ClFN2O4S/c1-12-17(13(2)30-26-12)11-31-20-7-5-4-6-16(20)22(28)29-14(3)21(27)25-19-9-8-15(23)10-18(19)24/h4-10,14H,11H2,1-3H3,(H,25,27). The van der Waals surface area contributed by atoms with Crippen LogP contribution in [0.5, 0.6) is 0 Å². The zero-order valence-corrected chi connectivity index (χ0v) is 18.6. The van der Waals surface area contributed by atoms with Crippen molar-refractivity contribution < 1.29 is 23.2 Å². The summed E-state index contributed by atoms with van der Waals surface area (Å²) < 4.78 is 24.4. The molecule has 1 N–H and O–H groups in total. The minimum atomic E-state index is -1.14. The summed E-state index contributed by atoms with van der Waals surface area (Å²) in [6.45, 7) is 5.11. The summed E-state index contributed by atoms with van der Waals surface area (Å²) in [6, 6.07) is 10.8. The van der Waals surface area contributed by atoms with Crippen molar-refractivity contribution in [2.75, 3.05) is 5.32 Å². The Hall–Kier alpha value is -2.84. The molecule has 9 heteroatoms. The number of aryl methyl sites for hydroxylation is 2. The Morgan fingerprint density at radius 2 is 2.00 bits per heavy atom. The Labute approximate surface area is 188 Å². The number of esters is 1. The fraction of sp³-hybridized carbons (Fsp3) is 0.227. The second kappa shape index (κ2) is 9.98. The van der Waals surface area contributed by atoms with E-state index in [2.05, 4.69) is 10.5 Å². The fourth-order valence-electron chi connectivity index (χ4n) is 2.72. The first-order valence-electron chi connectivity index (χ1n) is 9.36. The molecular weight excluding hydrogens is 443 g/mol. The molecule has 0 saturated carbocycles. The lowest BCUT2D eigenvalue weighted by Crippen LogP contribution is -2.30. The molecule has 1 heterocycles. The molecule has 0 saturated heterocycles. The number of carbonyl (C=O) groups excluding carboxylic acids is 2. The van der Waals surface area contributed by atoms with E-state index in [1.54, 1.807) is 18.2 Å². The molecule has 2 aromatic carbocycles. The highest BCUT2D eigenvalue weighted by Crippen LogP contribution is 2.29. The number of carbonyl (C=O) groups is 2. The molecule has 6 nitrogen and oxygen atoms in total. The zero-order chi connectivity index (χ0) is 22.5. The van der Waals surface area contributed by atoms with Crippen molar-refractivity contribution in [3.63, 3.8) is 0 Å². The number of ether oxygens (including phenoxy) is 1. The van der Waals surface area contributed by atoms with E-state index in [4.69, 9.17) is 20.9 Å². The van der Waals surface area contributed by atoms with Crippen LogP contribution in [0.2, 0.25) is 5.02 Å². The number of amides is 1. The number of anilines is 1. The third kappa shape index (κ3) is 5.65. The molecule has 1 amide bonds. The van der Waals surface area contributed by atoms with Crippen LogP contribution in [-0.4, -0.2) is 23.1 Å². The van der Waals surface area contributed by atoms with Gasteiger partial charge < -0.3 is 14.6 Å². The van der Waals surface area contributed by atoms with Crippen LogP contribution >= 0.6 is 23.4 Å². The van der Waals surface area contributed by atoms with Crippen molar-refractivity contribution in [2.45, 2.75) is 37.5 Å². The number of thioether (sulfide) groups is 1. The normalized spacial score (nSPS) is 11.8. The van der Waals surface area contributed by atoms with Gasteiger partial charge in [0.1, 0.15) is 11.6 Å². The minimum Gasteiger partial charge on any atom is -0.449 e. The maximum atomic E-state index is 13.9. The van der Waals surface area contributed by atoms with Crippen LogP contribution in [0.1, 0.15) is 34.3 Å². The minimum absolute atomic E-state index is 0.0484. The Balaban J connectivity index is 1.66. The third-order valence-electron chi connectivity index (χ3n) is 4.50. The van der Waals surface area contributed by atoms with E-state index in [0.29, 0.717) is 16.2 Å². The fourth-order valence-corrected chi connectivity index (χ4v) is 4.07. The number of halogens is 2. The van der Waals surface area contributed by atoms with Crippen LogP contribution in [-0.2, 0) is 15.3 Å². The first-order chi connectivity index (χ1) is 14.8. The number of hydrogen-bond acceptors (Lipinski definition) is 6. The average Bonchev–Trinajstić information content (AvgIpc) is 3.06. The van der Waals surface area contributed by atoms with Crippen LogP contribution in [0, 0.1) is 19.7 Å². The van der Waals surface area contributed by atoms with Gasteiger partial charge in [-0.2, -0.15) is 0 Å². The van der Waals surface area contributed by atoms with E-state index in [1.165, 1.54) is 30.8 Å². The number of benzene rings is 2. The second-order valence-electron chi connectivity index (χ2n) is 6.75. The van der Waals surface area contributed by atoms with Crippen LogP contribution in [0.4, 0.5) is 10.1 Å². The van der Waals surface area contributed by atoms with Crippen LogP contribution in [0.25, 0.3) is 0 Å². The highest BCUT2D eigenvalue weighted by molar-refractivity contribution is 7.98. The first-order valence-corrected chi connectivity index (χ1v) is 10.7. The molecule has 0 aliphatic heterocycles. The van der Waals surface area contributed by atoms with Gasteiger partial charge in [0.25, 0.3) is 5.91 Å². The van der Waals surface area contributed by atoms with Crippen molar-refractivity contribution in [1.82, 2.24) is 5.16 Å². The van der Waals surface area contributed by atoms with E-state index >= 15 is 0 Å². The Morgan fingerprint density at radius 1 is 1.26 bits per heavy atom. The van der Waals surface area contributed by atoms with Crippen molar-refractivity contribution >= 4 is 40.9 Å². The molecule has 0 radical (unpaired) electrons. The van der Waals surface area contributed by atoms with Crippen LogP contribution < -0.4 is 5.32 Å². The van der Waals surface area contributed by atoms with Gasteiger partial charge in [0, 0.05) is 21.2 Å². The number of rotatable bonds is 7. The van der Waals surface area contributed by atoms with Gasteiger partial charge in [0.15, 0.2) is 6.10 Å². The number of nitrogens with one attached hydrogen (secondary N) is 1. The zero-order valence-electron chi connectivity index (χ0n) is 17.1. The molecule has 0 aliphatic rings. The maximum absolute atomic E-state index is 13.9. The summed E-state index contributed by atoms with van der Waals surface area (Å²) in [7, 11) is 0. The van der Waals surface area contributed by atoms with Crippen molar-refractivity contribution in [3.05, 3.63) is 75.9 Å². The molecule has 0 spiro atoms. The summed E-state index contributed by atoms with van der Waals surface area (Å²) in [5.74, 6) is -0.695. The number of aromatic nitrogens is 1. The van der Waals surface area contributed by atoms with Crippen molar-refractivity contribution in [3.8, 4) is 0 Å². The lowest BCUT2D eigenvalue weighted by atomic mass is 10.2. The van der Waals surface area contributed by atoms with E-state index in [-0.39, 0.29) is 10.7 Å². The third-order valence-corrected chi connectivity index (χ3v) is 5.84. The summed E-state index contributed by atoms with van der Waals surface area (Å²) in [4.78, 5) is 25.7. The smallest absolute Gasteiger partial charge is 0.340 e. The molecule has 0 fully saturated rings. The van der Waals surface area contributed by atoms with Gasteiger partial charge in [-0.15, -0.1) is 11.8 Å². The molecular formula is C22H20ClFN2O4S. The Bertz CT molecular complexity index is 1100. The van der Waals surface area contributed by atoms with E-state index in [1.807, 2.05) is 19.9 Å². The molecule has 31 heavy (non-hydrogen) atoms. The van der Waals surface area contributed by atoms with E-state index in [9.17, 15) is 14.0 Å².